The maximum Gasteiger partial charge on any atom is 0.528 e. The molecule has 0 saturated carbocycles. The molecule has 2 aliphatic heterocycles. The molecule has 156 valence electrons. The first kappa shape index (κ1) is 22.1. The zero-order valence-corrected chi connectivity index (χ0v) is 15.8. The molecule has 2 aliphatic rings. The Morgan fingerprint density at radius 3 is 2.36 bits per heavy atom. The van der Waals surface area contributed by atoms with Crippen LogP contribution >= 0.6 is 0 Å². The minimum absolute atomic E-state index is 0.181. The third kappa shape index (κ3) is 4.45. The number of likely N-dealkylation sites (N-methyl/N-ethyl adjacent to an activating group) is 2. The van der Waals surface area contributed by atoms with E-state index in [0.29, 0.717) is 25.9 Å². The van der Waals surface area contributed by atoms with Crippen LogP contribution in [0.5, 0.6) is 0 Å². The monoisotopic (exact) mass is 400 g/mol. The Labute approximate surface area is 162 Å². The van der Waals surface area contributed by atoms with Crippen LogP contribution in [0.4, 0.5) is 0 Å². The molecule has 0 aromatic heterocycles. The summed E-state index contributed by atoms with van der Waals surface area (Å²) in [5, 5.41) is 30.5. The lowest BCUT2D eigenvalue weighted by atomic mass is 9.77. The average Bonchev–Trinajstić information content (AvgIpc) is 3.04. The van der Waals surface area contributed by atoms with Gasteiger partial charge in [-0.1, -0.05) is 6.42 Å². The molecule has 0 spiro atoms. The van der Waals surface area contributed by atoms with Crippen molar-refractivity contribution in [2.24, 2.45) is 5.92 Å². The normalized spacial score (nSPS) is 27.0. The minimum atomic E-state index is -2.04. The SMILES string of the molecule is CNC1(C(=O)O)CN(C)CC1CCCB1OC(=O)C(CC(=O)O)(CC(=O)O)O1. The van der Waals surface area contributed by atoms with Gasteiger partial charge in [-0.05, 0) is 26.8 Å². The predicted octanol–water partition coefficient (Wildman–Crippen LogP) is -0.879. The van der Waals surface area contributed by atoms with Crippen LogP contribution in [0.25, 0.3) is 0 Å². The molecule has 2 saturated heterocycles. The van der Waals surface area contributed by atoms with Crippen LogP contribution in [-0.2, 0) is 28.5 Å². The summed E-state index contributed by atoms with van der Waals surface area (Å²) >= 11 is 0. The zero-order valence-electron chi connectivity index (χ0n) is 15.8. The second-order valence-corrected chi connectivity index (χ2v) is 7.44. The molecule has 28 heavy (non-hydrogen) atoms. The van der Waals surface area contributed by atoms with Gasteiger partial charge in [0, 0.05) is 19.0 Å². The number of carbonyl (C=O) groups is 4. The smallest absolute Gasteiger partial charge is 0.507 e. The van der Waals surface area contributed by atoms with E-state index in [0.717, 1.165) is 0 Å². The second kappa shape index (κ2) is 8.45. The Bertz CT molecular complexity index is 642. The van der Waals surface area contributed by atoms with Gasteiger partial charge in [0.05, 0.1) is 12.8 Å². The van der Waals surface area contributed by atoms with E-state index in [4.69, 9.17) is 19.5 Å². The number of rotatable bonds is 10. The van der Waals surface area contributed by atoms with Gasteiger partial charge in [-0.3, -0.25) is 19.2 Å². The van der Waals surface area contributed by atoms with E-state index in [9.17, 15) is 24.3 Å². The van der Waals surface area contributed by atoms with Crippen molar-refractivity contribution >= 4 is 31.0 Å². The highest BCUT2D eigenvalue weighted by molar-refractivity contribution is 6.49. The first-order valence-electron chi connectivity index (χ1n) is 8.98. The Morgan fingerprint density at radius 1 is 1.25 bits per heavy atom. The molecule has 0 radical (unpaired) electrons. The molecule has 0 aromatic carbocycles. The van der Waals surface area contributed by atoms with Gasteiger partial charge < -0.3 is 34.8 Å². The van der Waals surface area contributed by atoms with E-state index >= 15 is 0 Å². The molecular weight excluding hydrogens is 375 g/mol. The molecule has 2 rings (SSSR count). The lowest BCUT2D eigenvalue weighted by Crippen LogP contribution is -2.56. The van der Waals surface area contributed by atoms with E-state index in [-0.39, 0.29) is 12.2 Å². The van der Waals surface area contributed by atoms with Crippen LogP contribution in [0.1, 0.15) is 25.7 Å². The van der Waals surface area contributed by atoms with Crippen molar-refractivity contribution in [3.63, 3.8) is 0 Å². The van der Waals surface area contributed by atoms with Gasteiger partial charge in [0.15, 0.2) is 5.60 Å². The van der Waals surface area contributed by atoms with Crippen molar-refractivity contribution in [2.75, 3.05) is 27.2 Å². The summed E-state index contributed by atoms with van der Waals surface area (Å²) in [5.74, 6) is -4.85. The standard InChI is InChI=1S/C16H25BN2O9/c1-18-16(13(24)25)9-19(2)8-10(16)4-3-5-17-27-14(26)15(28-17,6-11(20)21)7-12(22)23/h10,18H,3-9H2,1-2H3,(H,20,21)(H,22,23)(H,24,25). The van der Waals surface area contributed by atoms with Gasteiger partial charge in [0.1, 0.15) is 5.54 Å². The summed E-state index contributed by atoms with van der Waals surface area (Å²) in [5.41, 5.74) is -3.11. The topological polar surface area (TPSA) is 163 Å². The summed E-state index contributed by atoms with van der Waals surface area (Å²) in [6.45, 7) is 0.944. The van der Waals surface area contributed by atoms with Crippen LogP contribution in [0, 0.1) is 5.92 Å². The Morgan fingerprint density at radius 2 is 1.86 bits per heavy atom. The van der Waals surface area contributed by atoms with Gasteiger partial charge in [-0.2, -0.15) is 0 Å². The second-order valence-electron chi connectivity index (χ2n) is 7.44. The molecule has 0 aromatic rings. The number of likely N-dealkylation sites (tertiary alicyclic amines) is 1. The molecule has 0 amide bonds. The van der Waals surface area contributed by atoms with Gasteiger partial charge in [-0.25, -0.2) is 0 Å². The first-order valence-corrected chi connectivity index (χ1v) is 8.98. The van der Waals surface area contributed by atoms with E-state index in [1.54, 1.807) is 7.05 Å². The van der Waals surface area contributed by atoms with E-state index in [1.165, 1.54) is 0 Å². The number of carbonyl (C=O) groups excluding carboxylic acids is 1. The van der Waals surface area contributed by atoms with Crippen molar-refractivity contribution in [3.05, 3.63) is 0 Å². The fourth-order valence-corrected chi connectivity index (χ4v) is 4.10. The third-order valence-electron chi connectivity index (χ3n) is 5.41. The number of hydrogen-bond donors (Lipinski definition) is 4. The fraction of sp³-hybridized carbons (Fsp3) is 0.750. The Hall–Kier alpha value is -2.18. The van der Waals surface area contributed by atoms with Gasteiger partial charge in [-0.15, -0.1) is 0 Å². The Balaban J connectivity index is 1.98. The van der Waals surface area contributed by atoms with Crippen molar-refractivity contribution in [3.8, 4) is 0 Å². The number of carboxylic acids is 3. The minimum Gasteiger partial charge on any atom is -0.507 e. The Kier molecular flexibility index (Phi) is 6.68. The molecular formula is C16H25BN2O9. The predicted molar refractivity (Wildman–Crippen MR) is 94.6 cm³/mol. The largest absolute Gasteiger partial charge is 0.528 e. The first-order chi connectivity index (χ1) is 13.0. The van der Waals surface area contributed by atoms with Crippen LogP contribution in [0.3, 0.4) is 0 Å². The van der Waals surface area contributed by atoms with E-state index in [2.05, 4.69) is 5.32 Å². The maximum absolute atomic E-state index is 12.1. The molecule has 2 heterocycles. The summed E-state index contributed by atoms with van der Waals surface area (Å²) in [6, 6.07) is 0. The fourth-order valence-electron chi connectivity index (χ4n) is 4.10. The third-order valence-corrected chi connectivity index (χ3v) is 5.41. The molecule has 4 N–H and O–H groups in total. The number of nitrogens with zero attached hydrogens (tertiary/aromatic N) is 1. The summed E-state index contributed by atoms with van der Waals surface area (Å²) in [6.07, 6.45) is -0.413. The summed E-state index contributed by atoms with van der Waals surface area (Å²) < 4.78 is 10.5. The maximum atomic E-state index is 12.1. The number of carboxylic acid groups (broad SMARTS) is 3. The van der Waals surface area contributed by atoms with Crippen LogP contribution in [-0.4, -0.2) is 89.5 Å². The lowest BCUT2D eigenvalue weighted by Gasteiger charge is -2.30. The highest BCUT2D eigenvalue weighted by atomic mass is 16.7. The molecule has 0 bridgehead atoms. The number of aliphatic carboxylic acids is 3. The quantitative estimate of drug-likeness (QED) is 0.337. The van der Waals surface area contributed by atoms with Gasteiger partial charge in [0.25, 0.3) is 0 Å². The molecule has 2 fully saturated rings. The van der Waals surface area contributed by atoms with Crippen molar-refractivity contribution in [1.29, 1.82) is 0 Å². The van der Waals surface area contributed by atoms with Crippen molar-refractivity contribution in [2.45, 2.75) is 43.1 Å². The zero-order chi connectivity index (χ0) is 21.1. The molecule has 2 atom stereocenters. The molecule has 2 unspecified atom stereocenters. The van der Waals surface area contributed by atoms with Crippen LogP contribution in [0.2, 0.25) is 6.32 Å². The number of hydrogen-bond acceptors (Lipinski definition) is 8. The molecule has 0 aliphatic carbocycles. The molecule has 12 heteroatoms. The summed E-state index contributed by atoms with van der Waals surface area (Å²) in [7, 11) is 2.39. The summed E-state index contributed by atoms with van der Waals surface area (Å²) in [4.78, 5) is 47.9. The lowest BCUT2D eigenvalue weighted by molar-refractivity contribution is -0.157. The van der Waals surface area contributed by atoms with Crippen molar-refractivity contribution < 1.29 is 43.8 Å². The highest BCUT2D eigenvalue weighted by Gasteiger charge is 2.55. The van der Waals surface area contributed by atoms with Crippen LogP contribution in [0.15, 0.2) is 0 Å². The average molecular weight is 400 g/mol. The molecule has 11 nitrogen and oxygen atoms in total. The van der Waals surface area contributed by atoms with Gasteiger partial charge >= 0.3 is 31.0 Å². The number of nitrogens with one attached hydrogen (secondary N) is 1. The van der Waals surface area contributed by atoms with Crippen molar-refractivity contribution in [1.82, 2.24) is 10.2 Å². The van der Waals surface area contributed by atoms with E-state index < -0.39 is 55.0 Å². The van der Waals surface area contributed by atoms with E-state index in [1.807, 2.05) is 11.9 Å². The highest BCUT2D eigenvalue weighted by Crippen LogP contribution is 2.34. The van der Waals surface area contributed by atoms with Gasteiger partial charge in [0.2, 0.25) is 0 Å². The van der Waals surface area contributed by atoms with Crippen LogP contribution < -0.4 is 5.32 Å².